The monoisotopic (exact) mass is 301 g/mol. The molecule has 2 fully saturated rings. The zero-order valence-electron chi connectivity index (χ0n) is 11.9. The number of rotatable bonds is 1. The van der Waals surface area contributed by atoms with Crippen LogP contribution in [0, 0.1) is 11.8 Å². The summed E-state index contributed by atoms with van der Waals surface area (Å²) in [5.41, 5.74) is 1.14. The van der Waals surface area contributed by atoms with Crippen LogP contribution in [0.5, 0.6) is 0 Å². The van der Waals surface area contributed by atoms with Gasteiger partial charge in [-0.2, -0.15) is 0 Å². The molecule has 1 unspecified atom stereocenters. The van der Waals surface area contributed by atoms with Gasteiger partial charge < -0.3 is 4.57 Å². The van der Waals surface area contributed by atoms with Gasteiger partial charge in [-0.05, 0) is 25.7 Å². The molecule has 1 aromatic carbocycles. The van der Waals surface area contributed by atoms with Crippen molar-refractivity contribution in [2.24, 2.45) is 11.8 Å². The fraction of sp³-hybridized carbons (Fsp3) is 0.375. The van der Waals surface area contributed by atoms with Crippen molar-refractivity contribution in [2.75, 3.05) is 11.6 Å². The molecule has 0 saturated carbocycles. The minimum atomic E-state index is -2.50. The second-order valence-corrected chi connectivity index (χ2v) is 9.57. The van der Waals surface area contributed by atoms with E-state index in [0.29, 0.717) is 5.69 Å². The van der Waals surface area contributed by atoms with Crippen LogP contribution < -0.4 is 4.90 Å². The molecular weight excluding hydrogens is 285 g/mol. The number of hydrogen-bond acceptors (Lipinski definition) is 3. The molecule has 3 aliphatic rings. The molecule has 2 amide bonds. The fourth-order valence-electron chi connectivity index (χ4n) is 4.37. The average molecular weight is 301 g/mol. The van der Waals surface area contributed by atoms with Crippen LogP contribution in [0.15, 0.2) is 42.0 Å². The Hall–Kier alpha value is -1.67. The quantitative estimate of drug-likeness (QED) is 0.455. The summed E-state index contributed by atoms with van der Waals surface area (Å²) in [5, 5.41) is 0. The normalized spacial score (nSPS) is 40.7. The first-order valence-corrected chi connectivity index (χ1v) is 9.42. The molecule has 4 nitrogen and oxygen atoms in total. The summed E-state index contributed by atoms with van der Waals surface area (Å²) < 4.78 is 12.9. The van der Waals surface area contributed by atoms with Gasteiger partial charge in [0.15, 0.2) is 0 Å². The molecule has 0 aliphatic carbocycles. The molecule has 3 aliphatic heterocycles. The minimum Gasteiger partial charge on any atom is -0.323 e. The number of carbonyl (C=O) groups is 2. The average Bonchev–Trinajstić information content (AvgIpc) is 2.93. The summed E-state index contributed by atoms with van der Waals surface area (Å²) in [4.78, 5) is 26.8. The van der Waals surface area contributed by atoms with Gasteiger partial charge in [0.1, 0.15) is 0 Å². The number of anilines is 1. The first-order valence-electron chi connectivity index (χ1n) is 7.12. The Morgan fingerprint density at radius 2 is 1.67 bits per heavy atom. The van der Waals surface area contributed by atoms with E-state index in [1.54, 1.807) is 18.8 Å². The van der Waals surface area contributed by atoms with Gasteiger partial charge in [0.25, 0.3) is 0 Å². The highest BCUT2D eigenvalue weighted by Crippen LogP contribution is 2.72. The van der Waals surface area contributed by atoms with E-state index in [4.69, 9.17) is 0 Å². The second-order valence-electron chi connectivity index (χ2n) is 6.30. The van der Waals surface area contributed by atoms with Crippen molar-refractivity contribution in [3.8, 4) is 0 Å². The smallest absolute Gasteiger partial charge is 0.238 e. The highest BCUT2D eigenvalue weighted by Gasteiger charge is 2.68. The van der Waals surface area contributed by atoms with Crippen molar-refractivity contribution in [3.05, 3.63) is 42.0 Å². The van der Waals surface area contributed by atoms with Gasteiger partial charge in [0.05, 0.1) is 24.7 Å². The van der Waals surface area contributed by atoms with E-state index in [0.717, 1.165) is 5.57 Å². The highest BCUT2D eigenvalue weighted by atomic mass is 31.2. The van der Waals surface area contributed by atoms with Crippen LogP contribution in [-0.2, 0) is 14.2 Å². The predicted molar refractivity (Wildman–Crippen MR) is 80.8 cm³/mol. The first kappa shape index (κ1) is 13.0. The molecule has 5 heteroatoms. The van der Waals surface area contributed by atoms with Crippen molar-refractivity contribution in [3.63, 3.8) is 0 Å². The number of allylic oxidation sites excluding steroid dienone is 2. The standard InChI is InChI=1S/C16H16NO3P/c1-9-8-11-12-13(14(9)21(11,2)20)16(19)17(15(12)18)10-6-4-3-5-7-10/h3-8,11-14H,1-2H3/t11-,12+,13+,14+,21?/m0/s1. The maximum Gasteiger partial charge on any atom is 0.238 e. The number of para-hydroxylation sites is 1. The molecule has 108 valence electrons. The maximum absolute atomic E-state index is 12.9. The van der Waals surface area contributed by atoms with Crippen molar-refractivity contribution in [1.82, 2.24) is 0 Å². The summed E-state index contributed by atoms with van der Waals surface area (Å²) in [6, 6.07) is 9.01. The zero-order chi connectivity index (χ0) is 14.9. The summed E-state index contributed by atoms with van der Waals surface area (Å²) >= 11 is 0. The Kier molecular flexibility index (Phi) is 2.45. The van der Waals surface area contributed by atoms with Crippen LogP contribution in [0.1, 0.15) is 6.92 Å². The van der Waals surface area contributed by atoms with Gasteiger partial charge in [-0.15, -0.1) is 0 Å². The van der Waals surface area contributed by atoms with Gasteiger partial charge in [-0.1, -0.05) is 29.8 Å². The molecule has 0 aromatic heterocycles. The van der Waals surface area contributed by atoms with Crippen LogP contribution in [-0.4, -0.2) is 29.8 Å². The Labute approximate surface area is 123 Å². The van der Waals surface area contributed by atoms with Gasteiger partial charge in [-0.25, -0.2) is 4.90 Å². The number of fused-ring (bicyclic) bond motifs is 5. The minimum absolute atomic E-state index is 0.182. The lowest BCUT2D eigenvalue weighted by molar-refractivity contribution is -0.122. The number of nitrogens with zero attached hydrogens (tertiary/aromatic N) is 1. The SMILES string of the molecule is CC1=C[C@H]2[C@H]3C(=O)N(c4ccccc4)C(=O)[C@H]3[C@@H]1P2(C)=O. The van der Waals surface area contributed by atoms with Crippen molar-refractivity contribution >= 4 is 24.6 Å². The Morgan fingerprint density at radius 1 is 1.05 bits per heavy atom. The van der Waals surface area contributed by atoms with Crippen molar-refractivity contribution < 1.29 is 14.2 Å². The summed E-state index contributed by atoms with van der Waals surface area (Å²) in [5.74, 6) is -1.22. The molecule has 2 bridgehead atoms. The number of hydrogen-bond donors (Lipinski definition) is 0. The van der Waals surface area contributed by atoms with E-state index < -0.39 is 19.0 Å². The largest absolute Gasteiger partial charge is 0.323 e. The fourth-order valence-corrected chi connectivity index (χ4v) is 8.06. The van der Waals surface area contributed by atoms with Crippen molar-refractivity contribution in [1.29, 1.82) is 0 Å². The molecule has 0 radical (unpaired) electrons. The Morgan fingerprint density at radius 3 is 2.33 bits per heavy atom. The third kappa shape index (κ3) is 1.44. The number of benzene rings is 1. The zero-order valence-corrected chi connectivity index (χ0v) is 12.8. The third-order valence-electron chi connectivity index (χ3n) is 5.16. The van der Waals surface area contributed by atoms with Crippen LogP contribution >= 0.6 is 7.14 Å². The van der Waals surface area contributed by atoms with Gasteiger partial charge in [0, 0.05) is 11.3 Å². The molecule has 1 aromatic rings. The van der Waals surface area contributed by atoms with Crippen molar-refractivity contribution in [2.45, 2.75) is 18.2 Å². The molecular formula is C16H16NO3P. The van der Waals surface area contributed by atoms with E-state index in [1.807, 2.05) is 31.2 Å². The lowest BCUT2D eigenvalue weighted by Crippen LogP contribution is -2.33. The van der Waals surface area contributed by atoms with Crippen LogP contribution in [0.25, 0.3) is 0 Å². The van der Waals surface area contributed by atoms with E-state index >= 15 is 0 Å². The maximum atomic E-state index is 12.9. The molecule has 4 rings (SSSR count). The molecule has 21 heavy (non-hydrogen) atoms. The van der Waals surface area contributed by atoms with E-state index in [-0.39, 0.29) is 23.1 Å². The molecule has 0 N–H and O–H groups in total. The topological polar surface area (TPSA) is 54.5 Å². The highest BCUT2D eigenvalue weighted by molar-refractivity contribution is 7.66. The number of carbonyl (C=O) groups excluding carboxylic acids is 2. The summed E-state index contributed by atoms with van der Waals surface area (Å²) in [7, 11) is -2.50. The van der Waals surface area contributed by atoms with E-state index in [1.165, 1.54) is 4.90 Å². The van der Waals surface area contributed by atoms with E-state index in [9.17, 15) is 14.2 Å². The van der Waals surface area contributed by atoms with Gasteiger partial charge >= 0.3 is 0 Å². The molecule has 5 atom stereocenters. The van der Waals surface area contributed by atoms with Gasteiger partial charge in [0.2, 0.25) is 11.8 Å². The Balaban J connectivity index is 1.82. The molecule has 2 saturated heterocycles. The van der Waals surface area contributed by atoms with Crippen LogP contribution in [0.3, 0.4) is 0 Å². The number of amides is 2. The van der Waals surface area contributed by atoms with Crippen LogP contribution in [0.2, 0.25) is 0 Å². The number of imide groups is 1. The molecule has 0 spiro atoms. The summed E-state index contributed by atoms with van der Waals surface area (Å²) in [6.45, 7) is 3.68. The van der Waals surface area contributed by atoms with Gasteiger partial charge in [-0.3, -0.25) is 9.59 Å². The predicted octanol–water partition coefficient (Wildman–Crippen LogP) is 2.50. The third-order valence-corrected chi connectivity index (χ3v) is 8.65. The lowest BCUT2D eigenvalue weighted by atomic mass is 9.82. The first-order chi connectivity index (χ1) is 9.94. The second kappa shape index (κ2) is 3.95. The lowest BCUT2D eigenvalue weighted by Gasteiger charge is -2.21. The Bertz CT molecular complexity index is 739. The van der Waals surface area contributed by atoms with Crippen LogP contribution in [0.4, 0.5) is 5.69 Å². The summed E-state index contributed by atoms with van der Waals surface area (Å²) in [6.07, 6.45) is 1.96. The molecule has 3 heterocycles. The van der Waals surface area contributed by atoms with E-state index in [2.05, 4.69) is 0 Å².